The number of aromatic nitrogens is 3. The van der Waals surface area contributed by atoms with Gasteiger partial charge in [0.1, 0.15) is 0 Å². The normalized spacial score (nSPS) is 17.1. The predicted molar refractivity (Wildman–Crippen MR) is 94.3 cm³/mol. The van der Waals surface area contributed by atoms with Crippen molar-refractivity contribution in [2.24, 2.45) is 5.10 Å². The lowest BCUT2D eigenvalue weighted by atomic mass is 10.1. The molecule has 25 heavy (non-hydrogen) atoms. The number of rotatable bonds is 5. The molecule has 0 bridgehead atoms. The Morgan fingerprint density at radius 1 is 1.40 bits per heavy atom. The number of hydrogen-bond donors (Lipinski definition) is 1. The number of nitrogens with zero attached hydrogens (tertiary/aromatic N) is 5. The summed E-state index contributed by atoms with van der Waals surface area (Å²) in [5.74, 6) is 0.346. The number of sulfone groups is 1. The second-order valence-corrected chi connectivity index (χ2v) is 8.36. The van der Waals surface area contributed by atoms with Gasteiger partial charge in [-0.05, 0) is 40.5 Å². The van der Waals surface area contributed by atoms with Gasteiger partial charge in [0.2, 0.25) is 10.7 Å². The number of hydrogen-bond acceptors (Lipinski definition) is 8. The number of non-ortho nitro benzene ring substituents is 1. The molecular weight excluding hydrogens is 416 g/mol. The minimum absolute atomic E-state index is 0.000578. The first kappa shape index (κ1) is 17.5. The van der Waals surface area contributed by atoms with Crippen molar-refractivity contribution in [1.29, 1.82) is 0 Å². The molecule has 10 nitrogen and oxygen atoms in total. The smallest absolute Gasteiger partial charge is 0.258 e. The van der Waals surface area contributed by atoms with E-state index in [0.29, 0.717) is 22.0 Å². The maximum absolute atomic E-state index is 11.3. The zero-order valence-electron chi connectivity index (χ0n) is 13.0. The number of nitrogens with one attached hydrogen (secondary N) is 1. The molecule has 2 aromatic rings. The lowest BCUT2D eigenvalue weighted by molar-refractivity contribution is -0.384. The van der Waals surface area contributed by atoms with Gasteiger partial charge in [0.05, 0.1) is 28.2 Å². The van der Waals surface area contributed by atoms with Crippen LogP contribution in [0, 0.1) is 10.1 Å². The second kappa shape index (κ2) is 6.52. The SMILES string of the molecule is CC(=NNc1nc(Br)nn1C1CS(=O)(=O)C1)c1ccc([N+](=O)[O-])cc1. The maximum Gasteiger partial charge on any atom is 0.269 e. The molecule has 1 aromatic heterocycles. The van der Waals surface area contributed by atoms with Crippen molar-refractivity contribution in [3.63, 3.8) is 0 Å². The van der Waals surface area contributed by atoms with Gasteiger partial charge in [-0.2, -0.15) is 10.1 Å². The van der Waals surface area contributed by atoms with E-state index in [4.69, 9.17) is 0 Å². The fraction of sp³-hybridized carbons (Fsp3) is 0.308. The van der Waals surface area contributed by atoms with E-state index in [1.807, 2.05) is 0 Å². The highest BCUT2D eigenvalue weighted by Gasteiger charge is 2.37. The first-order valence-corrected chi connectivity index (χ1v) is 9.74. The van der Waals surface area contributed by atoms with Crippen molar-refractivity contribution >= 4 is 43.1 Å². The van der Waals surface area contributed by atoms with E-state index >= 15 is 0 Å². The number of nitro benzene ring substituents is 1. The molecule has 0 saturated carbocycles. The van der Waals surface area contributed by atoms with Crippen LogP contribution in [0.5, 0.6) is 0 Å². The van der Waals surface area contributed by atoms with Gasteiger partial charge < -0.3 is 0 Å². The highest BCUT2D eigenvalue weighted by molar-refractivity contribution is 9.10. The minimum atomic E-state index is -2.99. The number of nitro groups is 1. The zero-order valence-corrected chi connectivity index (χ0v) is 15.4. The minimum Gasteiger partial charge on any atom is -0.258 e. The third-order valence-electron chi connectivity index (χ3n) is 3.66. The largest absolute Gasteiger partial charge is 0.269 e. The van der Waals surface area contributed by atoms with E-state index in [2.05, 4.69) is 36.5 Å². The number of anilines is 1. The fourth-order valence-electron chi connectivity index (χ4n) is 2.33. The van der Waals surface area contributed by atoms with E-state index in [9.17, 15) is 18.5 Å². The molecular formula is C13H13BrN6O4S. The van der Waals surface area contributed by atoms with Crippen LogP contribution in [0.4, 0.5) is 11.6 Å². The van der Waals surface area contributed by atoms with Gasteiger partial charge in [-0.3, -0.25) is 10.1 Å². The lowest BCUT2D eigenvalue weighted by Crippen LogP contribution is -2.39. The number of halogens is 1. The Morgan fingerprint density at radius 2 is 2.04 bits per heavy atom. The standard InChI is InChI=1S/C13H13BrN6O4S/c1-8(9-2-4-10(5-3-9)20(21)22)16-17-13-15-12(14)18-19(13)11-6-25(23,24)7-11/h2-5,11H,6-7H2,1H3,(H,15,17,18). The first-order chi connectivity index (χ1) is 11.7. The molecule has 0 spiro atoms. The number of hydrazone groups is 1. The average molecular weight is 429 g/mol. The zero-order chi connectivity index (χ0) is 18.2. The predicted octanol–water partition coefficient (Wildman–Crippen LogP) is 1.75. The third-order valence-corrected chi connectivity index (χ3v) is 5.78. The first-order valence-electron chi connectivity index (χ1n) is 7.13. The highest BCUT2D eigenvalue weighted by atomic mass is 79.9. The summed E-state index contributed by atoms with van der Waals surface area (Å²) in [5, 5.41) is 19.0. The summed E-state index contributed by atoms with van der Waals surface area (Å²) in [6, 6.07) is 5.70. The van der Waals surface area contributed by atoms with Crippen LogP contribution < -0.4 is 5.43 Å². The van der Waals surface area contributed by atoms with E-state index in [1.165, 1.54) is 16.8 Å². The summed E-state index contributed by atoms with van der Waals surface area (Å²) in [4.78, 5) is 14.3. The molecule has 0 aliphatic carbocycles. The topological polar surface area (TPSA) is 132 Å². The fourth-order valence-corrected chi connectivity index (χ4v) is 4.03. The Bertz CT molecular complexity index is 941. The van der Waals surface area contributed by atoms with E-state index < -0.39 is 14.8 Å². The van der Waals surface area contributed by atoms with Crippen molar-refractivity contribution in [3.05, 3.63) is 44.7 Å². The number of benzene rings is 1. The molecule has 132 valence electrons. The van der Waals surface area contributed by atoms with Crippen molar-refractivity contribution in [1.82, 2.24) is 14.8 Å². The molecule has 1 aromatic carbocycles. The van der Waals surface area contributed by atoms with Gasteiger partial charge >= 0.3 is 0 Å². The molecule has 1 fully saturated rings. The van der Waals surface area contributed by atoms with Gasteiger partial charge in [0, 0.05) is 12.1 Å². The van der Waals surface area contributed by atoms with Crippen molar-refractivity contribution in [2.75, 3.05) is 16.9 Å². The van der Waals surface area contributed by atoms with Crippen molar-refractivity contribution in [2.45, 2.75) is 13.0 Å². The summed E-state index contributed by atoms with van der Waals surface area (Å²) in [6.07, 6.45) is 0. The summed E-state index contributed by atoms with van der Waals surface area (Å²) < 4.78 is 24.5. The Hall–Kier alpha value is -2.34. The summed E-state index contributed by atoms with van der Waals surface area (Å²) in [6.45, 7) is 1.73. The molecule has 1 N–H and O–H groups in total. The van der Waals surface area contributed by atoms with Crippen LogP contribution in [0.1, 0.15) is 18.5 Å². The van der Waals surface area contributed by atoms with Crippen molar-refractivity contribution in [3.8, 4) is 0 Å². The third kappa shape index (κ3) is 3.85. The van der Waals surface area contributed by atoms with E-state index in [0.717, 1.165) is 0 Å². The summed E-state index contributed by atoms with van der Waals surface area (Å²) in [7, 11) is -2.99. The molecule has 0 radical (unpaired) electrons. The Morgan fingerprint density at radius 3 is 2.60 bits per heavy atom. The van der Waals surface area contributed by atoms with Crippen LogP contribution in [0.3, 0.4) is 0 Å². The van der Waals surface area contributed by atoms with Crippen LogP contribution in [-0.4, -0.2) is 45.3 Å². The molecule has 1 aliphatic heterocycles. The molecule has 1 aliphatic rings. The van der Waals surface area contributed by atoms with Crippen LogP contribution in [-0.2, 0) is 9.84 Å². The van der Waals surface area contributed by atoms with Gasteiger partial charge in [0.15, 0.2) is 9.84 Å². The van der Waals surface area contributed by atoms with Crippen LogP contribution in [0.25, 0.3) is 0 Å². The van der Waals surface area contributed by atoms with E-state index in [-0.39, 0.29) is 23.2 Å². The Kier molecular flexibility index (Phi) is 4.56. The van der Waals surface area contributed by atoms with Gasteiger partial charge in [-0.1, -0.05) is 0 Å². The molecule has 12 heteroatoms. The second-order valence-electron chi connectivity index (χ2n) is 5.49. The molecule has 0 unspecified atom stereocenters. The quantitative estimate of drug-likeness (QED) is 0.435. The monoisotopic (exact) mass is 428 g/mol. The van der Waals surface area contributed by atoms with E-state index in [1.54, 1.807) is 19.1 Å². The summed E-state index contributed by atoms with van der Waals surface area (Å²) in [5.41, 5.74) is 4.05. The molecule has 3 rings (SSSR count). The molecule has 1 saturated heterocycles. The molecule has 0 atom stereocenters. The highest BCUT2D eigenvalue weighted by Crippen LogP contribution is 2.27. The Balaban J connectivity index is 1.76. The lowest BCUT2D eigenvalue weighted by Gasteiger charge is -2.26. The summed E-state index contributed by atoms with van der Waals surface area (Å²) >= 11 is 3.16. The van der Waals surface area contributed by atoms with Gasteiger partial charge in [-0.15, -0.1) is 5.10 Å². The maximum atomic E-state index is 11.3. The van der Waals surface area contributed by atoms with Gasteiger partial charge in [0.25, 0.3) is 5.69 Å². The van der Waals surface area contributed by atoms with Crippen molar-refractivity contribution < 1.29 is 13.3 Å². The average Bonchev–Trinajstić information content (AvgIpc) is 2.90. The van der Waals surface area contributed by atoms with Crippen LogP contribution in [0.15, 0.2) is 34.1 Å². The van der Waals surface area contributed by atoms with Crippen LogP contribution >= 0.6 is 15.9 Å². The van der Waals surface area contributed by atoms with Crippen LogP contribution in [0.2, 0.25) is 0 Å². The van der Waals surface area contributed by atoms with Gasteiger partial charge in [-0.25, -0.2) is 18.5 Å². The molecule has 2 heterocycles. The Labute approximate surface area is 151 Å². The molecule has 0 amide bonds.